The molecule has 2 atom stereocenters. The topological polar surface area (TPSA) is 117 Å². The quantitative estimate of drug-likeness (QED) is 0.635. The van der Waals surface area contributed by atoms with Crippen molar-refractivity contribution in [3.05, 3.63) is 30.3 Å². The maximum atomic E-state index is 13.6. The minimum Gasteiger partial charge on any atom is -0.481 e. The molecule has 3 aromatic rings. The number of rotatable bonds is 4. The normalized spacial score (nSPS) is 26.5. The molecule has 3 aliphatic carbocycles. The van der Waals surface area contributed by atoms with Crippen molar-refractivity contribution >= 4 is 22.8 Å². The number of pyridine rings is 1. The molecule has 3 N–H and O–H groups in total. The van der Waals surface area contributed by atoms with Crippen LogP contribution in [0.5, 0.6) is 0 Å². The molecule has 9 heteroatoms. The molecule has 3 aliphatic rings. The molecule has 3 heterocycles. The molecule has 28 heavy (non-hydrogen) atoms. The average molecular weight is 382 g/mol. The van der Waals surface area contributed by atoms with Gasteiger partial charge in [-0.15, -0.1) is 0 Å². The number of anilines is 1. The Hall–Kier alpha value is -3.10. The van der Waals surface area contributed by atoms with E-state index < -0.39 is 17.7 Å². The number of aromatic amines is 1. The van der Waals surface area contributed by atoms with E-state index in [0.29, 0.717) is 34.3 Å². The highest BCUT2D eigenvalue weighted by molar-refractivity contribution is 5.88. The van der Waals surface area contributed by atoms with Crippen LogP contribution in [0.15, 0.2) is 24.5 Å². The highest BCUT2D eigenvalue weighted by Crippen LogP contribution is 2.46. The van der Waals surface area contributed by atoms with Crippen LogP contribution >= 0.6 is 0 Å². The Morgan fingerprint density at radius 1 is 1.21 bits per heavy atom. The number of nitrogens with one attached hydrogen (secondary N) is 2. The van der Waals surface area contributed by atoms with E-state index in [1.807, 2.05) is 0 Å². The molecule has 0 spiro atoms. The number of hydrogen-bond acceptors (Lipinski definition) is 6. The van der Waals surface area contributed by atoms with Crippen LogP contribution in [-0.4, -0.2) is 42.3 Å². The van der Waals surface area contributed by atoms with E-state index >= 15 is 0 Å². The molecular weight excluding hydrogens is 363 g/mol. The van der Waals surface area contributed by atoms with Crippen LogP contribution in [0.3, 0.4) is 0 Å². The third-order valence-corrected chi connectivity index (χ3v) is 6.07. The molecular formula is C19H19FN6O2. The van der Waals surface area contributed by atoms with Gasteiger partial charge in [0.05, 0.1) is 17.5 Å². The first kappa shape index (κ1) is 17.0. The van der Waals surface area contributed by atoms with Gasteiger partial charge in [0.2, 0.25) is 0 Å². The lowest BCUT2D eigenvalue weighted by Gasteiger charge is -2.47. The highest BCUT2D eigenvalue weighted by Gasteiger charge is 2.47. The van der Waals surface area contributed by atoms with Crippen molar-refractivity contribution in [3.63, 3.8) is 0 Å². The third-order valence-electron chi connectivity index (χ3n) is 6.07. The molecule has 0 amide bonds. The summed E-state index contributed by atoms with van der Waals surface area (Å²) in [5, 5.41) is 20.5. The second kappa shape index (κ2) is 6.50. The van der Waals surface area contributed by atoms with Crippen LogP contribution in [0, 0.1) is 23.6 Å². The lowest BCUT2D eigenvalue weighted by atomic mass is 9.61. The second-order valence-electron chi connectivity index (χ2n) is 7.60. The summed E-state index contributed by atoms with van der Waals surface area (Å²) in [6, 6.07) is 2.91. The highest BCUT2D eigenvalue weighted by atomic mass is 19.1. The molecule has 3 fully saturated rings. The van der Waals surface area contributed by atoms with Gasteiger partial charge in [-0.2, -0.15) is 5.10 Å². The van der Waals surface area contributed by atoms with Gasteiger partial charge in [-0.25, -0.2) is 19.3 Å². The smallest absolute Gasteiger partial charge is 0.308 e. The molecule has 1 unspecified atom stereocenters. The number of carboxylic acids is 1. The Labute approximate surface area is 159 Å². The Morgan fingerprint density at radius 2 is 2.00 bits per heavy atom. The summed E-state index contributed by atoms with van der Waals surface area (Å²) in [7, 11) is 0. The number of nitrogens with zero attached hydrogens (tertiary/aromatic N) is 4. The lowest BCUT2D eigenvalue weighted by Crippen LogP contribution is -2.51. The van der Waals surface area contributed by atoms with Crippen molar-refractivity contribution in [2.45, 2.75) is 31.7 Å². The molecule has 144 valence electrons. The summed E-state index contributed by atoms with van der Waals surface area (Å²) in [5.74, 6) is -0.164. The first-order valence-electron chi connectivity index (χ1n) is 9.42. The fourth-order valence-electron chi connectivity index (χ4n) is 4.79. The number of hydrogen-bond donors (Lipinski definition) is 3. The first-order chi connectivity index (χ1) is 13.6. The Morgan fingerprint density at radius 3 is 2.79 bits per heavy atom. The second-order valence-corrected chi connectivity index (χ2v) is 7.60. The minimum absolute atomic E-state index is 0.148. The van der Waals surface area contributed by atoms with Gasteiger partial charge in [0.1, 0.15) is 17.3 Å². The number of aliphatic carboxylic acids is 1. The molecule has 2 bridgehead atoms. The maximum Gasteiger partial charge on any atom is 0.308 e. The predicted molar refractivity (Wildman–Crippen MR) is 98.9 cm³/mol. The fourth-order valence-corrected chi connectivity index (χ4v) is 4.79. The van der Waals surface area contributed by atoms with Gasteiger partial charge in [0.25, 0.3) is 0 Å². The van der Waals surface area contributed by atoms with Gasteiger partial charge in [-0.05, 0) is 49.7 Å². The standard InChI is InChI=1S/C19H19FN6O2/c20-11-7-12-16(25-26-17(12)22-8-11)18-21-6-5-13(24-18)23-15-10-3-1-9(2-4-10)14(15)19(27)28/h5-10,14-15H,1-4H2,(H,27,28)(H,21,23,24)(H,22,25,26)/t9?,10?,14-,15?/m1/s1. The van der Waals surface area contributed by atoms with E-state index in [1.54, 1.807) is 12.3 Å². The van der Waals surface area contributed by atoms with Crippen LogP contribution in [0.1, 0.15) is 25.7 Å². The molecule has 0 saturated heterocycles. The number of H-pyrrole nitrogens is 1. The number of halogens is 1. The molecule has 8 nitrogen and oxygen atoms in total. The number of fused-ring (bicyclic) bond motifs is 4. The van der Waals surface area contributed by atoms with Crippen molar-refractivity contribution in [2.75, 3.05) is 5.32 Å². The Kier molecular flexibility index (Phi) is 3.96. The monoisotopic (exact) mass is 382 g/mol. The van der Waals surface area contributed by atoms with E-state index in [1.165, 1.54) is 6.07 Å². The summed E-state index contributed by atoms with van der Waals surface area (Å²) in [6.45, 7) is 0. The molecule has 0 aliphatic heterocycles. The summed E-state index contributed by atoms with van der Waals surface area (Å²) in [4.78, 5) is 24.6. The van der Waals surface area contributed by atoms with Crippen LogP contribution in [0.25, 0.3) is 22.6 Å². The summed E-state index contributed by atoms with van der Waals surface area (Å²) < 4.78 is 13.6. The zero-order valence-corrected chi connectivity index (χ0v) is 15.0. The zero-order valence-electron chi connectivity index (χ0n) is 15.0. The zero-order chi connectivity index (χ0) is 19.3. The van der Waals surface area contributed by atoms with Gasteiger partial charge >= 0.3 is 5.97 Å². The van der Waals surface area contributed by atoms with Gasteiger partial charge in [-0.3, -0.25) is 9.89 Å². The summed E-state index contributed by atoms with van der Waals surface area (Å²) in [5.41, 5.74) is 0.861. The molecule has 6 rings (SSSR count). The van der Waals surface area contributed by atoms with Gasteiger partial charge in [-0.1, -0.05) is 0 Å². The largest absolute Gasteiger partial charge is 0.481 e. The lowest BCUT2D eigenvalue weighted by molar-refractivity contribution is -0.148. The Bertz CT molecular complexity index is 1050. The average Bonchev–Trinajstić information content (AvgIpc) is 3.12. The number of aromatic nitrogens is 5. The van der Waals surface area contributed by atoms with Crippen molar-refractivity contribution in [1.82, 2.24) is 25.1 Å². The van der Waals surface area contributed by atoms with Gasteiger partial charge < -0.3 is 10.4 Å². The van der Waals surface area contributed by atoms with Crippen molar-refractivity contribution < 1.29 is 14.3 Å². The summed E-state index contributed by atoms with van der Waals surface area (Å²) >= 11 is 0. The Balaban J connectivity index is 1.47. The SMILES string of the molecule is O=C(O)[C@@H]1C2CCC(CC2)C1Nc1ccnc(-c2[nH]nc3ncc(F)cc23)n1. The fraction of sp³-hybridized carbons (Fsp3) is 0.421. The summed E-state index contributed by atoms with van der Waals surface area (Å²) in [6.07, 6.45) is 6.75. The van der Waals surface area contributed by atoms with Crippen molar-refractivity contribution in [3.8, 4) is 11.5 Å². The predicted octanol–water partition coefficient (Wildman–Crippen LogP) is 2.86. The first-order valence-corrected chi connectivity index (χ1v) is 9.42. The van der Waals surface area contributed by atoms with Gasteiger partial charge in [0, 0.05) is 12.2 Å². The molecule has 0 aromatic carbocycles. The molecule has 0 radical (unpaired) electrons. The third kappa shape index (κ3) is 2.78. The van der Waals surface area contributed by atoms with Crippen LogP contribution in [-0.2, 0) is 4.79 Å². The van der Waals surface area contributed by atoms with E-state index in [0.717, 1.165) is 31.9 Å². The molecule has 3 aromatic heterocycles. The van der Waals surface area contributed by atoms with E-state index in [9.17, 15) is 14.3 Å². The molecule has 3 saturated carbocycles. The minimum atomic E-state index is -0.748. The number of carbonyl (C=O) groups is 1. The maximum absolute atomic E-state index is 13.6. The van der Waals surface area contributed by atoms with Gasteiger partial charge in [0.15, 0.2) is 11.5 Å². The van der Waals surface area contributed by atoms with Crippen LogP contribution in [0.2, 0.25) is 0 Å². The van der Waals surface area contributed by atoms with Crippen molar-refractivity contribution in [2.24, 2.45) is 17.8 Å². The van der Waals surface area contributed by atoms with Crippen molar-refractivity contribution in [1.29, 1.82) is 0 Å². The van der Waals surface area contributed by atoms with Crippen LogP contribution < -0.4 is 5.32 Å². The van der Waals surface area contributed by atoms with E-state index in [-0.39, 0.29) is 12.0 Å². The van der Waals surface area contributed by atoms with E-state index in [4.69, 9.17) is 0 Å². The van der Waals surface area contributed by atoms with E-state index in [2.05, 4.69) is 30.5 Å². The van der Waals surface area contributed by atoms with Crippen LogP contribution in [0.4, 0.5) is 10.2 Å². The number of carboxylic acid groups (broad SMARTS) is 1.